The van der Waals surface area contributed by atoms with Crippen LogP contribution in [0.5, 0.6) is 46.0 Å². The molecule has 440 valence electrons. The fourth-order valence-electron chi connectivity index (χ4n) is 11.4. The minimum atomic E-state index is -1.89. The molecule has 0 amide bonds. The largest absolute Gasteiger partial charge is 0.508 e. The molecule has 0 aliphatic carbocycles. The maximum Gasteiger partial charge on any atom is 0.229 e. The summed E-state index contributed by atoms with van der Waals surface area (Å²) < 4.78 is 49.0. The highest BCUT2D eigenvalue weighted by Crippen LogP contribution is 2.60. The Morgan fingerprint density at radius 1 is 0.410 bits per heavy atom. The Labute approximate surface area is 473 Å². The zero-order valence-electron chi connectivity index (χ0n) is 43.8. The van der Waals surface area contributed by atoms with Gasteiger partial charge in [0.25, 0.3) is 0 Å². The smallest absolute Gasteiger partial charge is 0.229 e. The molecule has 3 fully saturated rings. The van der Waals surface area contributed by atoms with Crippen LogP contribution in [0.15, 0.2) is 121 Å². The minimum Gasteiger partial charge on any atom is -0.508 e. The number of hydrogen-bond acceptors (Lipinski definition) is 23. The molecule has 0 unspecified atom stereocenters. The van der Waals surface area contributed by atoms with E-state index in [0.29, 0.717) is 38.9 Å². The molecule has 0 aromatic heterocycles. The van der Waals surface area contributed by atoms with E-state index in [4.69, 9.17) is 37.9 Å². The number of phenolic OH excluding ortho intramolecular Hbond substituents is 4. The van der Waals surface area contributed by atoms with Crippen LogP contribution >= 0.6 is 0 Å². The van der Waals surface area contributed by atoms with Crippen molar-refractivity contribution in [2.24, 2.45) is 0 Å². The molecule has 5 heterocycles. The lowest BCUT2D eigenvalue weighted by Gasteiger charge is -2.42. The molecule has 23 heteroatoms. The standard InChI is InChI=1S/C60H62O23/c61-23-40-47(67)50(70)53(73)58(81-40)76-25-42-49(69)52(72)55(75)60(83-42)78-36-17-29(7-6-26-4-2-1-3-5-26)43-39(22-36)80-57(28-10-14-32(64)15-11-28)46(43)37-20-34(66)21-38-45(37)44(56(79-38)27-8-12-31(63)13-9-27)30-16-33(65)19-35(18-30)77-59-54(74)51(71)48(68)41(24-62)82-59/h1-22,40-42,44,46-75H,23-25H2/b7-6-/t40-,41-,42-,44-,46+,47-,48-,49-,50+,51+,52+,53-,54-,55-,56+,57-,58+,59+,60+/m1/s1. The maximum atomic E-state index is 11.8. The lowest BCUT2D eigenvalue weighted by molar-refractivity contribution is -0.323. The molecule has 23 nitrogen and oxygen atoms in total. The van der Waals surface area contributed by atoms with Crippen LogP contribution in [0.2, 0.25) is 0 Å². The Morgan fingerprint density at radius 3 is 1.48 bits per heavy atom. The number of ether oxygens (including phenoxy) is 8. The highest BCUT2D eigenvalue weighted by molar-refractivity contribution is 5.76. The fourth-order valence-corrected chi connectivity index (χ4v) is 11.4. The first kappa shape index (κ1) is 57.7. The van der Waals surface area contributed by atoms with Gasteiger partial charge < -0.3 is 114 Å². The fraction of sp³-hybridized carbons (Fsp3) is 0.367. The van der Waals surface area contributed by atoms with Gasteiger partial charge in [-0.3, -0.25) is 0 Å². The summed E-state index contributed by atoms with van der Waals surface area (Å²) >= 11 is 0. The van der Waals surface area contributed by atoms with E-state index >= 15 is 0 Å². The molecule has 3 saturated heterocycles. The molecule has 11 rings (SSSR count). The summed E-state index contributed by atoms with van der Waals surface area (Å²) in [6.45, 7) is -2.08. The second kappa shape index (κ2) is 23.8. The second-order valence-electron chi connectivity index (χ2n) is 21.1. The lowest BCUT2D eigenvalue weighted by atomic mass is 9.75. The van der Waals surface area contributed by atoms with E-state index in [2.05, 4.69) is 0 Å². The molecule has 0 bridgehead atoms. The summed E-state index contributed by atoms with van der Waals surface area (Å²) in [6, 6.07) is 32.2. The third kappa shape index (κ3) is 11.4. The van der Waals surface area contributed by atoms with Gasteiger partial charge >= 0.3 is 0 Å². The number of aliphatic hydroxyl groups excluding tert-OH is 11. The van der Waals surface area contributed by atoms with Crippen molar-refractivity contribution in [2.75, 3.05) is 19.8 Å². The third-order valence-electron chi connectivity index (χ3n) is 15.6. The lowest BCUT2D eigenvalue weighted by Crippen LogP contribution is -2.62. The van der Waals surface area contributed by atoms with Gasteiger partial charge in [0.05, 0.1) is 31.7 Å². The van der Waals surface area contributed by atoms with E-state index in [1.165, 1.54) is 48.5 Å². The summed E-state index contributed by atoms with van der Waals surface area (Å²) in [4.78, 5) is 0. The summed E-state index contributed by atoms with van der Waals surface area (Å²) in [7, 11) is 0. The average molecular weight is 1150 g/mol. The first-order chi connectivity index (χ1) is 39.9. The van der Waals surface area contributed by atoms with Gasteiger partial charge in [-0.1, -0.05) is 66.7 Å². The Bertz CT molecular complexity index is 3250. The Hall–Kier alpha value is -7.14. The average Bonchev–Trinajstić information content (AvgIpc) is 2.35. The van der Waals surface area contributed by atoms with Crippen molar-refractivity contribution in [1.29, 1.82) is 0 Å². The Balaban J connectivity index is 1.02. The van der Waals surface area contributed by atoms with Crippen molar-refractivity contribution in [3.63, 3.8) is 0 Å². The molecule has 83 heavy (non-hydrogen) atoms. The van der Waals surface area contributed by atoms with Gasteiger partial charge in [-0.2, -0.15) is 0 Å². The summed E-state index contributed by atoms with van der Waals surface area (Å²) in [5.41, 5.74) is 4.13. The maximum absolute atomic E-state index is 11.8. The molecule has 0 radical (unpaired) electrons. The minimum absolute atomic E-state index is 0.0178. The Morgan fingerprint density at radius 2 is 0.904 bits per heavy atom. The molecule has 19 atom stereocenters. The summed E-state index contributed by atoms with van der Waals surface area (Å²) in [5, 5.41) is 161. The van der Waals surface area contributed by atoms with Crippen LogP contribution < -0.4 is 18.9 Å². The SMILES string of the molecule is OC[C@H]1O[C@H](OC[C@H]2O[C@H](Oc3cc(/C=C\c4ccccc4)c4c(c3)O[C@H](c3ccc(O)cc3)[C@H]4c3cc(O)cc4c3[C@@H](c3cc(O)cc(O[C@H]5O[C@H](CO)[C@@H](O)[C@H](O)[C@H]5O)c3)[C@H](c3ccc(O)cc3)O4)[C@H](O)[C@@H](O)[C@@H]2O)[C@H](O)[C@@H](O)[C@@H]1O. The molecule has 0 saturated carbocycles. The summed E-state index contributed by atoms with van der Waals surface area (Å²) in [6.07, 6.45) is -23.4. The number of rotatable bonds is 15. The van der Waals surface area contributed by atoms with Crippen LogP contribution in [0.3, 0.4) is 0 Å². The van der Waals surface area contributed by atoms with Crippen molar-refractivity contribution in [2.45, 2.75) is 116 Å². The van der Waals surface area contributed by atoms with E-state index in [1.54, 1.807) is 48.5 Å². The van der Waals surface area contributed by atoms with Gasteiger partial charge in [0.2, 0.25) is 12.6 Å². The van der Waals surface area contributed by atoms with Gasteiger partial charge in [-0.05, 0) is 81.9 Å². The number of hydrogen-bond donors (Lipinski definition) is 15. The number of aliphatic hydroxyl groups is 11. The van der Waals surface area contributed by atoms with Crippen molar-refractivity contribution in [1.82, 2.24) is 0 Å². The first-order valence-electron chi connectivity index (χ1n) is 26.7. The predicted molar refractivity (Wildman–Crippen MR) is 286 cm³/mol. The van der Waals surface area contributed by atoms with Gasteiger partial charge in [-0.15, -0.1) is 0 Å². The van der Waals surface area contributed by atoms with Crippen molar-refractivity contribution in [3.8, 4) is 46.0 Å². The molecule has 6 aromatic carbocycles. The molecular formula is C60H62O23. The van der Waals surface area contributed by atoms with Crippen LogP contribution in [-0.4, -0.2) is 189 Å². The molecule has 0 spiro atoms. The van der Waals surface area contributed by atoms with Crippen LogP contribution in [0.4, 0.5) is 0 Å². The van der Waals surface area contributed by atoms with Crippen LogP contribution in [0.1, 0.15) is 68.6 Å². The Kier molecular flexibility index (Phi) is 16.6. The first-order valence-corrected chi connectivity index (χ1v) is 26.7. The topological polar surface area (TPSA) is 377 Å². The number of benzene rings is 6. The van der Waals surface area contributed by atoms with E-state index in [-0.39, 0.29) is 46.0 Å². The van der Waals surface area contributed by atoms with Crippen LogP contribution in [0, 0.1) is 0 Å². The third-order valence-corrected chi connectivity index (χ3v) is 15.6. The normalized spacial score (nSPS) is 33.0. The van der Waals surface area contributed by atoms with Gasteiger partial charge in [0.15, 0.2) is 6.29 Å². The van der Waals surface area contributed by atoms with Crippen LogP contribution in [-0.2, 0) is 18.9 Å². The van der Waals surface area contributed by atoms with E-state index < -0.39 is 136 Å². The highest BCUT2D eigenvalue weighted by Gasteiger charge is 2.51. The monoisotopic (exact) mass is 1150 g/mol. The van der Waals surface area contributed by atoms with Gasteiger partial charge in [0, 0.05) is 29.3 Å². The van der Waals surface area contributed by atoms with Crippen molar-refractivity contribution < 1.29 is 114 Å². The molecular weight excluding hydrogens is 1090 g/mol. The van der Waals surface area contributed by atoms with Gasteiger partial charge in [-0.25, -0.2) is 0 Å². The molecule has 6 aromatic rings. The number of aromatic hydroxyl groups is 4. The second-order valence-corrected chi connectivity index (χ2v) is 21.1. The van der Waals surface area contributed by atoms with E-state index in [9.17, 15) is 76.6 Å². The quantitative estimate of drug-likeness (QED) is 0.0646. The zero-order valence-corrected chi connectivity index (χ0v) is 43.8. The predicted octanol–water partition coefficient (Wildman–Crippen LogP) is 1.39. The summed E-state index contributed by atoms with van der Waals surface area (Å²) in [5.74, 6) is -2.07. The zero-order chi connectivity index (χ0) is 58.5. The molecule has 5 aliphatic rings. The van der Waals surface area contributed by atoms with Crippen LogP contribution in [0.25, 0.3) is 12.2 Å². The molecule has 15 N–H and O–H groups in total. The van der Waals surface area contributed by atoms with E-state index in [0.717, 1.165) is 5.56 Å². The van der Waals surface area contributed by atoms with Crippen molar-refractivity contribution in [3.05, 3.63) is 166 Å². The number of phenols is 4. The van der Waals surface area contributed by atoms with E-state index in [1.807, 2.05) is 36.4 Å². The molecule has 5 aliphatic heterocycles. The van der Waals surface area contributed by atoms with Crippen molar-refractivity contribution >= 4 is 12.2 Å². The van der Waals surface area contributed by atoms with Gasteiger partial charge in [0.1, 0.15) is 131 Å². The number of fused-ring (bicyclic) bond motifs is 2. The highest BCUT2D eigenvalue weighted by atomic mass is 16.7.